The SMILES string of the molecule is COc1ccc([C@](C)(O)[C@H]2CCCN2C(=O)c2ccncc2)cc1. The summed E-state index contributed by atoms with van der Waals surface area (Å²) in [5, 5.41) is 11.2. The maximum atomic E-state index is 12.8. The second kappa shape index (κ2) is 6.61. The van der Waals surface area contributed by atoms with Gasteiger partial charge in [-0.2, -0.15) is 0 Å². The van der Waals surface area contributed by atoms with E-state index in [1.165, 1.54) is 0 Å². The molecule has 5 heteroatoms. The van der Waals surface area contributed by atoms with Gasteiger partial charge in [-0.05, 0) is 49.6 Å². The molecule has 126 valence electrons. The summed E-state index contributed by atoms with van der Waals surface area (Å²) in [6.07, 6.45) is 4.88. The minimum absolute atomic E-state index is 0.0614. The molecule has 1 fully saturated rings. The van der Waals surface area contributed by atoms with E-state index >= 15 is 0 Å². The van der Waals surface area contributed by atoms with Gasteiger partial charge in [-0.15, -0.1) is 0 Å². The number of carbonyl (C=O) groups is 1. The smallest absolute Gasteiger partial charge is 0.254 e. The van der Waals surface area contributed by atoms with Gasteiger partial charge >= 0.3 is 0 Å². The van der Waals surface area contributed by atoms with E-state index in [0.717, 1.165) is 24.2 Å². The van der Waals surface area contributed by atoms with Crippen LogP contribution in [0, 0.1) is 0 Å². The molecule has 1 aromatic heterocycles. The van der Waals surface area contributed by atoms with Crippen molar-refractivity contribution in [2.24, 2.45) is 0 Å². The van der Waals surface area contributed by atoms with Crippen molar-refractivity contribution in [3.05, 3.63) is 59.9 Å². The Morgan fingerprint density at radius 1 is 1.25 bits per heavy atom. The summed E-state index contributed by atoms with van der Waals surface area (Å²) in [4.78, 5) is 18.5. The molecule has 1 N–H and O–H groups in total. The first-order valence-corrected chi connectivity index (χ1v) is 8.12. The minimum Gasteiger partial charge on any atom is -0.497 e. The zero-order chi connectivity index (χ0) is 17.2. The molecule has 0 spiro atoms. The standard InChI is InChI=1S/C19H22N2O3/c1-19(23,15-5-7-16(24-2)8-6-15)17-4-3-13-21(17)18(22)14-9-11-20-12-10-14/h5-12,17,23H,3-4,13H2,1-2H3/t17-,19+/m1/s1. The monoisotopic (exact) mass is 326 g/mol. The lowest BCUT2D eigenvalue weighted by atomic mass is 9.86. The first-order chi connectivity index (χ1) is 11.5. The van der Waals surface area contributed by atoms with Crippen molar-refractivity contribution >= 4 is 5.91 Å². The predicted octanol–water partition coefficient (Wildman–Crippen LogP) is 2.60. The van der Waals surface area contributed by atoms with E-state index in [1.54, 1.807) is 43.5 Å². The van der Waals surface area contributed by atoms with Crippen LogP contribution in [0.4, 0.5) is 0 Å². The molecule has 0 saturated carbocycles. The molecule has 3 rings (SSSR count). The Kier molecular flexibility index (Phi) is 4.53. The van der Waals surface area contributed by atoms with E-state index in [9.17, 15) is 9.90 Å². The number of benzene rings is 1. The lowest BCUT2D eigenvalue weighted by Gasteiger charge is -2.37. The third-order valence-corrected chi connectivity index (χ3v) is 4.76. The normalized spacial score (nSPS) is 19.8. The summed E-state index contributed by atoms with van der Waals surface area (Å²) in [5.41, 5.74) is 0.260. The van der Waals surface area contributed by atoms with Crippen LogP contribution in [0.5, 0.6) is 5.75 Å². The molecule has 0 radical (unpaired) electrons. The van der Waals surface area contributed by atoms with E-state index in [1.807, 2.05) is 24.3 Å². The molecule has 1 amide bonds. The van der Waals surface area contributed by atoms with Gasteiger partial charge in [0.1, 0.15) is 11.4 Å². The summed E-state index contributed by atoms with van der Waals surface area (Å²) in [5.74, 6) is 0.680. The van der Waals surface area contributed by atoms with Crippen LogP contribution in [0.3, 0.4) is 0 Å². The average Bonchev–Trinajstić information content (AvgIpc) is 3.12. The van der Waals surface area contributed by atoms with Gasteiger partial charge in [-0.25, -0.2) is 0 Å². The van der Waals surface area contributed by atoms with Crippen LogP contribution < -0.4 is 4.74 Å². The van der Waals surface area contributed by atoms with Crippen LogP contribution in [0.25, 0.3) is 0 Å². The average molecular weight is 326 g/mol. The molecule has 0 bridgehead atoms. The van der Waals surface area contributed by atoms with Gasteiger partial charge in [0.05, 0.1) is 13.2 Å². The number of hydrogen-bond donors (Lipinski definition) is 1. The zero-order valence-electron chi connectivity index (χ0n) is 14.0. The fourth-order valence-corrected chi connectivity index (χ4v) is 3.38. The highest BCUT2D eigenvalue weighted by atomic mass is 16.5. The number of rotatable bonds is 4. The number of nitrogens with zero attached hydrogens (tertiary/aromatic N) is 2. The molecule has 1 saturated heterocycles. The largest absolute Gasteiger partial charge is 0.497 e. The van der Waals surface area contributed by atoms with Crippen LogP contribution >= 0.6 is 0 Å². The molecule has 1 aliphatic heterocycles. The number of pyridine rings is 1. The number of amides is 1. The summed E-state index contributed by atoms with van der Waals surface area (Å²) < 4.78 is 5.17. The molecule has 5 nitrogen and oxygen atoms in total. The van der Waals surface area contributed by atoms with E-state index in [2.05, 4.69) is 4.98 Å². The van der Waals surface area contributed by atoms with Gasteiger partial charge in [0.25, 0.3) is 5.91 Å². The van der Waals surface area contributed by atoms with Gasteiger partial charge in [0.15, 0.2) is 0 Å². The van der Waals surface area contributed by atoms with Crippen molar-refractivity contribution in [1.29, 1.82) is 0 Å². The van der Waals surface area contributed by atoms with Crippen molar-refractivity contribution in [3.8, 4) is 5.75 Å². The maximum Gasteiger partial charge on any atom is 0.254 e. The quantitative estimate of drug-likeness (QED) is 0.938. The summed E-state index contributed by atoms with van der Waals surface area (Å²) in [6, 6.07) is 10.5. The molecular weight excluding hydrogens is 304 g/mol. The Morgan fingerprint density at radius 3 is 2.54 bits per heavy atom. The number of aliphatic hydroxyl groups is 1. The fourth-order valence-electron chi connectivity index (χ4n) is 3.38. The van der Waals surface area contributed by atoms with Crippen LogP contribution in [0.15, 0.2) is 48.8 Å². The Hall–Kier alpha value is -2.40. The first kappa shape index (κ1) is 16.5. The molecule has 0 aliphatic carbocycles. The lowest BCUT2D eigenvalue weighted by molar-refractivity contribution is -0.0177. The Balaban J connectivity index is 1.87. The van der Waals surface area contributed by atoms with Crippen molar-refractivity contribution in [1.82, 2.24) is 9.88 Å². The van der Waals surface area contributed by atoms with Crippen LogP contribution in [0.1, 0.15) is 35.7 Å². The zero-order valence-corrected chi connectivity index (χ0v) is 14.0. The molecule has 1 aromatic carbocycles. The van der Waals surface area contributed by atoms with Gasteiger partial charge in [-0.3, -0.25) is 9.78 Å². The molecule has 2 atom stereocenters. The number of carbonyl (C=O) groups excluding carboxylic acids is 1. The molecule has 2 aromatic rings. The molecule has 0 unspecified atom stereocenters. The highest BCUT2D eigenvalue weighted by Crippen LogP contribution is 2.36. The summed E-state index contributed by atoms with van der Waals surface area (Å²) in [7, 11) is 1.61. The lowest BCUT2D eigenvalue weighted by Crippen LogP contribution is -2.48. The minimum atomic E-state index is -1.12. The second-order valence-corrected chi connectivity index (χ2v) is 6.27. The fraction of sp³-hybridized carbons (Fsp3) is 0.368. The van der Waals surface area contributed by atoms with Gasteiger partial charge in [-0.1, -0.05) is 12.1 Å². The maximum absolute atomic E-state index is 12.8. The Morgan fingerprint density at radius 2 is 1.92 bits per heavy atom. The van der Waals surface area contributed by atoms with Crippen LogP contribution in [-0.2, 0) is 5.60 Å². The predicted molar refractivity (Wildman–Crippen MR) is 90.9 cm³/mol. The molecule has 2 heterocycles. The number of aromatic nitrogens is 1. The highest BCUT2D eigenvalue weighted by molar-refractivity contribution is 5.94. The van der Waals surface area contributed by atoms with Crippen molar-refractivity contribution in [3.63, 3.8) is 0 Å². The molecule has 1 aliphatic rings. The topological polar surface area (TPSA) is 62.7 Å². The number of ether oxygens (including phenoxy) is 1. The van der Waals surface area contributed by atoms with Crippen LogP contribution in [0.2, 0.25) is 0 Å². The van der Waals surface area contributed by atoms with Gasteiger partial charge in [0.2, 0.25) is 0 Å². The highest BCUT2D eigenvalue weighted by Gasteiger charge is 2.42. The van der Waals surface area contributed by atoms with Crippen molar-refractivity contribution in [2.45, 2.75) is 31.4 Å². The van der Waals surface area contributed by atoms with Crippen molar-refractivity contribution in [2.75, 3.05) is 13.7 Å². The third-order valence-electron chi connectivity index (χ3n) is 4.76. The van der Waals surface area contributed by atoms with Gasteiger partial charge in [0, 0.05) is 24.5 Å². The van der Waals surface area contributed by atoms with Gasteiger partial charge < -0.3 is 14.7 Å². The van der Waals surface area contributed by atoms with Crippen LogP contribution in [-0.4, -0.2) is 40.6 Å². The second-order valence-electron chi connectivity index (χ2n) is 6.27. The Bertz CT molecular complexity index is 698. The number of likely N-dealkylation sites (tertiary alicyclic amines) is 1. The first-order valence-electron chi connectivity index (χ1n) is 8.12. The van der Waals surface area contributed by atoms with E-state index in [-0.39, 0.29) is 11.9 Å². The molecular formula is C19H22N2O3. The van der Waals surface area contributed by atoms with E-state index in [0.29, 0.717) is 12.1 Å². The van der Waals surface area contributed by atoms with Crippen molar-refractivity contribution < 1.29 is 14.6 Å². The number of methoxy groups -OCH3 is 1. The summed E-state index contributed by atoms with van der Waals surface area (Å²) in [6.45, 7) is 2.43. The van der Waals surface area contributed by atoms with E-state index < -0.39 is 5.60 Å². The molecule has 24 heavy (non-hydrogen) atoms. The van der Waals surface area contributed by atoms with E-state index in [4.69, 9.17) is 4.74 Å². The Labute approximate surface area is 141 Å². The third kappa shape index (κ3) is 2.99. The summed E-state index contributed by atoms with van der Waals surface area (Å²) >= 11 is 0. The number of hydrogen-bond acceptors (Lipinski definition) is 4.